The van der Waals surface area contributed by atoms with E-state index in [0.29, 0.717) is 0 Å². The van der Waals surface area contributed by atoms with E-state index in [-0.39, 0.29) is 0 Å². The maximum Gasteiger partial charge on any atom is -0.00139 e. The average molecular weight is 657 g/mol. The molecule has 0 unspecified atom stereocenters. The van der Waals surface area contributed by atoms with Crippen molar-refractivity contribution in [3.63, 3.8) is 0 Å². The number of fused-ring (bicyclic) bond motifs is 9. The summed E-state index contributed by atoms with van der Waals surface area (Å²) in [6.45, 7) is 0. The van der Waals surface area contributed by atoms with Crippen LogP contribution in [-0.2, 0) is 0 Å². The number of hydrogen-bond donors (Lipinski definition) is 0. The molecule has 0 radical (unpaired) electrons. The van der Waals surface area contributed by atoms with Gasteiger partial charge in [0.2, 0.25) is 0 Å². The summed E-state index contributed by atoms with van der Waals surface area (Å²) < 4.78 is 0. The van der Waals surface area contributed by atoms with Crippen molar-refractivity contribution in [2.75, 3.05) is 0 Å². The Morgan fingerprint density at radius 2 is 0.577 bits per heavy atom. The van der Waals surface area contributed by atoms with Crippen LogP contribution in [0.1, 0.15) is 0 Å². The lowest BCUT2D eigenvalue weighted by Gasteiger charge is -2.20. The lowest BCUT2D eigenvalue weighted by molar-refractivity contribution is 1.68. The predicted molar refractivity (Wildman–Crippen MR) is 225 cm³/mol. The minimum absolute atomic E-state index is 1.24. The van der Waals surface area contributed by atoms with Crippen LogP contribution < -0.4 is 0 Å². The predicted octanol–water partition coefficient (Wildman–Crippen LogP) is 14.8. The quantitative estimate of drug-likeness (QED) is 0.131. The fraction of sp³-hybridized carbons (Fsp3) is 0. The molecular weight excluding hydrogens is 625 g/mol. The smallest absolute Gasteiger partial charge is 0.00139 e. The summed E-state index contributed by atoms with van der Waals surface area (Å²) in [6.07, 6.45) is 0. The number of rotatable bonds is 3. The Hall–Kier alpha value is -6.76. The minimum Gasteiger partial charge on any atom is -0.0616 e. The van der Waals surface area contributed by atoms with Gasteiger partial charge in [-0.1, -0.05) is 170 Å². The topological polar surface area (TPSA) is 0 Å². The standard InChI is InChI=1S/C52H32/c1-4-12-36-29-39(20-17-33(36)9-1)40-23-25-44-41(30-40)24-26-48-45(44)27-28-49-50(42-21-18-34-10-2-5-13-37(34)31-42)46-15-7-8-16-47(46)51(52(48)49)43-22-19-35-11-3-6-14-38(35)32-43/h1-32H. The summed E-state index contributed by atoms with van der Waals surface area (Å²) in [5.74, 6) is 0. The Balaban J connectivity index is 1.23. The van der Waals surface area contributed by atoms with Gasteiger partial charge in [0, 0.05) is 0 Å². The first-order valence-electron chi connectivity index (χ1n) is 18.1. The summed E-state index contributed by atoms with van der Waals surface area (Å²) in [5, 5.41) is 17.7. The molecule has 0 aliphatic rings. The van der Waals surface area contributed by atoms with E-state index >= 15 is 0 Å². The molecular formula is C52H32. The molecule has 0 amide bonds. The maximum atomic E-state index is 2.38. The molecule has 11 aromatic rings. The maximum absolute atomic E-state index is 2.38. The molecule has 0 heteroatoms. The molecule has 0 N–H and O–H groups in total. The molecule has 0 heterocycles. The third kappa shape index (κ3) is 4.48. The van der Waals surface area contributed by atoms with Crippen LogP contribution in [-0.4, -0.2) is 0 Å². The summed E-state index contributed by atoms with van der Waals surface area (Å²) in [7, 11) is 0. The molecule has 0 nitrogen and oxygen atoms in total. The molecule has 0 aromatic heterocycles. The van der Waals surface area contributed by atoms with Crippen molar-refractivity contribution in [1.29, 1.82) is 0 Å². The van der Waals surface area contributed by atoms with Crippen molar-refractivity contribution in [3.8, 4) is 33.4 Å². The van der Waals surface area contributed by atoms with Crippen LogP contribution in [0.4, 0.5) is 0 Å². The van der Waals surface area contributed by atoms with E-state index in [1.165, 1.54) is 109 Å². The van der Waals surface area contributed by atoms with Gasteiger partial charge in [0.1, 0.15) is 0 Å². The molecule has 0 bridgehead atoms. The molecule has 0 saturated heterocycles. The number of benzene rings is 11. The van der Waals surface area contributed by atoms with E-state index in [2.05, 4.69) is 194 Å². The molecule has 0 fully saturated rings. The van der Waals surface area contributed by atoms with Crippen molar-refractivity contribution in [2.24, 2.45) is 0 Å². The van der Waals surface area contributed by atoms with Crippen LogP contribution in [0.15, 0.2) is 194 Å². The highest BCUT2D eigenvalue weighted by Gasteiger charge is 2.20. The highest BCUT2D eigenvalue weighted by Crippen LogP contribution is 2.48. The van der Waals surface area contributed by atoms with Gasteiger partial charge >= 0.3 is 0 Å². The van der Waals surface area contributed by atoms with Gasteiger partial charge in [-0.3, -0.25) is 0 Å². The van der Waals surface area contributed by atoms with Crippen LogP contribution in [0.3, 0.4) is 0 Å². The van der Waals surface area contributed by atoms with Crippen molar-refractivity contribution < 1.29 is 0 Å². The molecule has 11 rings (SSSR count). The Morgan fingerprint density at radius 1 is 0.192 bits per heavy atom. The molecule has 0 aliphatic heterocycles. The lowest BCUT2D eigenvalue weighted by atomic mass is 9.83. The zero-order chi connectivity index (χ0) is 34.2. The van der Waals surface area contributed by atoms with E-state index < -0.39 is 0 Å². The van der Waals surface area contributed by atoms with E-state index in [0.717, 1.165) is 0 Å². The first-order valence-corrected chi connectivity index (χ1v) is 18.1. The second-order valence-corrected chi connectivity index (χ2v) is 14.1. The third-order valence-electron chi connectivity index (χ3n) is 11.2. The monoisotopic (exact) mass is 656 g/mol. The zero-order valence-electron chi connectivity index (χ0n) is 28.5. The first-order chi connectivity index (χ1) is 25.8. The van der Waals surface area contributed by atoms with Gasteiger partial charge in [-0.25, -0.2) is 0 Å². The van der Waals surface area contributed by atoms with Crippen molar-refractivity contribution in [3.05, 3.63) is 194 Å². The van der Waals surface area contributed by atoms with Gasteiger partial charge in [-0.05, 0) is 133 Å². The molecule has 0 aliphatic carbocycles. The van der Waals surface area contributed by atoms with Crippen molar-refractivity contribution >= 4 is 75.4 Å². The van der Waals surface area contributed by atoms with E-state index in [1.54, 1.807) is 0 Å². The summed E-state index contributed by atoms with van der Waals surface area (Å²) in [5.41, 5.74) is 7.53. The first kappa shape index (κ1) is 29.0. The Labute approximate surface area is 301 Å². The van der Waals surface area contributed by atoms with Crippen LogP contribution in [0.2, 0.25) is 0 Å². The third-order valence-corrected chi connectivity index (χ3v) is 11.2. The average Bonchev–Trinajstić information content (AvgIpc) is 3.21. The van der Waals surface area contributed by atoms with E-state index in [4.69, 9.17) is 0 Å². The second kappa shape index (κ2) is 11.4. The van der Waals surface area contributed by atoms with Crippen molar-refractivity contribution in [2.45, 2.75) is 0 Å². The molecule has 52 heavy (non-hydrogen) atoms. The van der Waals surface area contributed by atoms with Gasteiger partial charge in [-0.2, -0.15) is 0 Å². The number of hydrogen-bond acceptors (Lipinski definition) is 0. The van der Waals surface area contributed by atoms with E-state index in [1.807, 2.05) is 0 Å². The van der Waals surface area contributed by atoms with Crippen molar-refractivity contribution in [1.82, 2.24) is 0 Å². The largest absolute Gasteiger partial charge is 0.0616 e. The van der Waals surface area contributed by atoms with Crippen LogP contribution in [0, 0.1) is 0 Å². The van der Waals surface area contributed by atoms with E-state index in [9.17, 15) is 0 Å². The molecule has 0 spiro atoms. The van der Waals surface area contributed by atoms with Crippen LogP contribution >= 0.6 is 0 Å². The fourth-order valence-corrected chi connectivity index (χ4v) is 8.67. The summed E-state index contributed by atoms with van der Waals surface area (Å²) in [4.78, 5) is 0. The van der Waals surface area contributed by atoms with Gasteiger partial charge in [0.05, 0.1) is 0 Å². The molecule has 0 atom stereocenters. The highest BCUT2D eigenvalue weighted by molar-refractivity contribution is 6.30. The summed E-state index contributed by atoms with van der Waals surface area (Å²) >= 11 is 0. The Bertz CT molecular complexity index is 3240. The fourth-order valence-electron chi connectivity index (χ4n) is 8.67. The Kier molecular flexibility index (Phi) is 6.35. The molecule has 0 saturated carbocycles. The van der Waals surface area contributed by atoms with Crippen LogP contribution in [0.5, 0.6) is 0 Å². The normalized spacial score (nSPS) is 11.8. The van der Waals surface area contributed by atoms with Gasteiger partial charge in [-0.15, -0.1) is 0 Å². The second-order valence-electron chi connectivity index (χ2n) is 14.1. The van der Waals surface area contributed by atoms with Gasteiger partial charge in [0.25, 0.3) is 0 Å². The zero-order valence-corrected chi connectivity index (χ0v) is 28.5. The SMILES string of the molecule is c1ccc2cc(-c3ccc4c(ccc5c4ccc4c(-c6ccc7ccccc7c6)c6ccccc6c(-c6ccc7ccccc7c6)c45)c3)ccc2c1. The molecule has 240 valence electrons. The summed E-state index contributed by atoms with van der Waals surface area (Å²) in [6, 6.07) is 72.1. The lowest BCUT2D eigenvalue weighted by Crippen LogP contribution is -1.93. The molecule has 11 aromatic carbocycles. The highest BCUT2D eigenvalue weighted by atomic mass is 14.2. The Morgan fingerprint density at radius 3 is 1.19 bits per heavy atom. The minimum atomic E-state index is 1.24. The van der Waals surface area contributed by atoms with Gasteiger partial charge in [0.15, 0.2) is 0 Å². The van der Waals surface area contributed by atoms with Crippen LogP contribution in [0.25, 0.3) is 109 Å². The van der Waals surface area contributed by atoms with Gasteiger partial charge < -0.3 is 0 Å².